The summed E-state index contributed by atoms with van der Waals surface area (Å²) in [5.41, 5.74) is 7.92. The van der Waals surface area contributed by atoms with Gasteiger partial charge in [-0.15, -0.1) is 0 Å². The van der Waals surface area contributed by atoms with Crippen LogP contribution in [0.3, 0.4) is 0 Å². The number of rotatable bonds is 5. The van der Waals surface area contributed by atoms with Crippen LogP contribution in [0.5, 0.6) is 0 Å². The van der Waals surface area contributed by atoms with Gasteiger partial charge in [-0.2, -0.15) is 5.10 Å². The van der Waals surface area contributed by atoms with Crippen molar-refractivity contribution in [3.05, 3.63) is 28.8 Å². The minimum atomic E-state index is -0.611. The van der Waals surface area contributed by atoms with E-state index in [-0.39, 0.29) is 22.9 Å². The van der Waals surface area contributed by atoms with Crippen LogP contribution in [0, 0.1) is 5.41 Å². The number of anilines is 1. The molecule has 2 aliphatic rings. The number of aryl methyl sites for hydroxylation is 1. The number of nitrogens with zero attached hydrogens (tertiary/aromatic N) is 4. The molecule has 0 aromatic carbocycles. The fraction of sp³-hybridized carbons (Fsp3) is 0.591. The Labute approximate surface area is 176 Å². The van der Waals surface area contributed by atoms with Crippen LogP contribution in [0.1, 0.15) is 91.5 Å². The molecule has 0 saturated heterocycles. The predicted molar refractivity (Wildman–Crippen MR) is 114 cm³/mol. The first-order chi connectivity index (χ1) is 14.3. The number of amides is 1. The van der Waals surface area contributed by atoms with Crippen LogP contribution in [-0.4, -0.2) is 37.5 Å². The number of nitrogens with one attached hydrogen (secondary N) is 1. The van der Waals surface area contributed by atoms with Crippen molar-refractivity contribution in [2.45, 2.75) is 78.2 Å². The normalized spacial score (nSPS) is 18.8. The highest BCUT2D eigenvalue weighted by Crippen LogP contribution is 2.37. The summed E-state index contributed by atoms with van der Waals surface area (Å²) in [4.78, 5) is 33.8. The molecule has 4 rings (SSSR count). The van der Waals surface area contributed by atoms with Crippen molar-refractivity contribution in [3.63, 3.8) is 0 Å². The SMILES string of the molecule is CCc1nn(-c2cnc(C(N)=O)c(NC3CCCCC3)n2)c2c1C(=O)CC(C)(C)C2. The molecule has 2 aromatic heterocycles. The van der Waals surface area contributed by atoms with Crippen molar-refractivity contribution in [1.82, 2.24) is 19.7 Å². The van der Waals surface area contributed by atoms with E-state index in [4.69, 9.17) is 15.8 Å². The van der Waals surface area contributed by atoms with Crippen molar-refractivity contribution in [2.24, 2.45) is 11.1 Å². The smallest absolute Gasteiger partial charge is 0.271 e. The lowest BCUT2D eigenvalue weighted by Gasteiger charge is -2.29. The number of carbonyl (C=O) groups excluding carboxylic acids is 2. The summed E-state index contributed by atoms with van der Waals surface area (Å²) in [6.07, 6.45) is 9.03. The number of primary amides is 1. The molecule has 0 unspecified atom stereocenters. The Morgan fingerprint density at radius 1 is 1.27 bits per heavy atom. The number of hydrogen-bond acceptors (Lipinski definition) is 6. The summed E-state index contributed by atoms with van der Waals surface area (Å²) in [6, 6.07) is 0.250. The molecule has 1 fully saturated rings. The maximum atomic E-state index is 12.8. The molecule has 8 heteroatoms. The van der Waals surface area contributed by atoms with E-state index in [1.807, 2.05) is 6.92 Å². The van der Waals surface area contributed by atoms with Crippen LogP contribution < -0.4 is 11.1 Å². The Morgan fingerprint density at radius 3 is 2.67 bits per heavy atom. The standard InChI is InChI=1S/C22H30N6O2/c1-4-14-18-15(10-22(2,3)11-16(18)29)28(27-14)17-12-24-19(20(23)30)21(26-17)25-13-8-6-5-7-9-13/h12-13H,4-11H2,1-3H3,(H2,23,30)(H,25,26). The number of carbonyl (C=O) groups is 2. The molecular weight excluding hydrogens is 380 g/mol. The van der Waals surface area contributed by atoms with Crippen LogP contribution in [0.2, 0.25) is 0 Å². The van der Waals surface area contributed by atoms with Gasteiger partial charge in [0.05, 0.1) is 23.1 Å². The molecule has 1 saturated carbocycles. The van der Waals surface area contributed by atoms with Gasteiger partial charge in [-0.05, 0) is 31.1 Å². The third-order valence-electron chi connectivity index (χ3n) is 6.11. The predicted octanol–water partition coefficient (Wildman–Crippen LogP) is 3.22. The fourth-order valence-corrected chi connectivity index (χ4v) is 4.67. The van der Waals surface area contributed by atoms with E-state index in [9.17, 15) is 9.59 Å². The van der Waals surface area contributed by atoms with Crippen molar-refractivity contribution in [1.29, 1.82) is 0 Å². The van der Waals surface area contributed by atoms with Gasteiger partial charge >= 0.3 is 0 Å². The highest BCUT2D eigenvalue weighted by atomic mass is 16.1. The lowest BCUT2D eigenvalue weighted by molar-refractivity contribution is 0.0909. The highest BCUT2D eigenvalue weighted by Gasteiger charge is 2.36. The molecule has 1 amide bonds. The zero-order chi connectivity index (χ0) is 21.5. The number of Topliss-reactive ketones (excluding diaryl/α,β-unsaturated/α-hetero) is 1. The topological polar surface area (TPSA) is 116 Å². The van der Waals surface area contributed by atoms with Crippen molar-refractivity contribution in [2.75, 3.05) is 5.32 Å². The third-order valence-corrected chi connectivity index (χ3v) is 6.11. The van der Waals surface area contributed by atoms with Gasteiger partial charge in [-0.3, -0.25) is 9.59 Å². The summed E-state index contributed by atoms with van der Waals surface area (Å²) in [6.45, 7) is 6.18. The van der Waals surface area contributed by atoms with Crippen LogP contribution >= 0.6 is 0 Å². The molecule has 0 bridgehead atoms. The van der Waals surface area contributed by atoms with Gasteiger partial charge in [0.25, 0.3) is 5.91 Å². The second-order valence-corrected chi connectivity index (χ2v) is 9.24. The number of hydrogen-bond donors (Lipinski definition) is 2. The Bertz CT molecular complexity index is 988. The van der Waals surface area contributed by atoms with E-state index in [0.717, 1.165) is 49.1 Å². The van der Waals surface area contributed by atoms with E-state index in [1.165, 1.54) is 12.6 Å². The average Bonchev–Trinajstić information content (AvgIpc) is 3.06. The van der Waals surface area contributed by atoms with E-state index in [1.54, 1.807) is 4.68 Å². The molecule has 2 aromatic rings. The van der Waals surface area contributed by atoms with E-state index >= 15 is 0 Å². The molecule has 0 atom stereocenters. The summed E-state index contributed by atoms with van der Waals surface area (Å²) >= 11 is 0. The molecule has 2 aliphatic carbocycles. The molecular formula is C22H30N6O2. The van der Waals surface area contributed by atoms with E-state index in [2.05, 4.69) is 24.1 Å². The van der Waals surface area contributed by atoms with Gasteiger partial charge in [0.2, 0.25) is 0 Å². The van der Waals surface area contributed by atoms with Crippen LogP contribution in [-0.2, 0) is 12.8 Å². The Kier molecular flexibility index (Phi) is 5.34. The number of nitrogens with two attached hydrogens (primary N) is 1. The molecule has 8 nitrogen and oxygen atoms in total. The first-order valence-corrected chi connectivity index (χ1v) is 10.9. The van der Waals surface area contributed by atoms with E-state index in [0.29, 0.717) is 24.5 Å². The lowest BCUT2D eigenvalue weighted by Crippen LogP contribution is -2.29. The van der Waals surface area contributed by atoms with E-state index < -0.39 is 5.91 Å². The molecule has 0 spiro atoms. The van der Waals surface area contributed by atoms with Crippen molar-refractivity contribution >= 4 is 17.5 Å². The van der Waals surface area contributed by atoms with Crippen molar-refractivity contribution < 1.29 is 9.59 Å². The number of aromatic nitrogens is 4. The van der Waals surface area contributed by atoms with Crippen molar-refractivity contribution in [3.8, 4) is 5.82 Å². The zero-order valence-electron chi connectivity index (χ0n) is 18.0. The third kappa shape index (κ3) is 3.82. The van der Waals surface area contributed by atoms with Crippen LogP contribution in [0.15, 0.2) is 6.20 Å². The number of fused-ring (bicyclic) bond motifs is 1. The molecule has 2 heterocycles. The van der Waals surface area contributed by atoms with Gasteiger partial charge < -0.3 is 11.1 Å². The summed E-state index contributed by atoms with van der Waals surface area (Å²) in [5.74, 6) is 0.419. The number of ketones is 1. The van der Waals surface area contributed by atoms with Gasteiger partial charge in [-0.1, -0.05) is 40.0 Å². The average molecular weight is 411 g/mol. The largest absolute Gasteiger partial charge is 0.365 e. The quantitative estimate of drug-likeness (QED) is 0.782. The van der Waals surface area contributed by atoms with Gasteiger partial charge in [0, 0.05) is 12.5 Å². The zero-order valence-corrected chi connectivity index (χ0v) is 18.0. The summed E-state index contributed by atoms with van der Waals surface area (Å²) in [5, 5.41) is 8.09. The Hall–Kier alpha value is -2.77. The second-order valence-electron chi connectivity index (χ2n) is 9.24. The Balaban J connectivity index is 1.78. The first-order valence-electron chi connectivity index (χ1n) is 10.9. The first kappa shape index (κ1) is 20.5. The molecule has 0 radical (unpaired) electrons. The maximum Gasteiger partial charge on any atom is 0.271 e. The lowest BCUT2D eigenvalue weighted by atomic mass is 9.75. The van der Waals surface area contributed by atoms with Gasteiger partial charge in [0.1, 0.15) is 0 Å². The molecule has 0 aliphatic heterocycles. The fourth-order valence-electron chi connectivity index (χ4n) is 4.67. The molecule has 160 valence electrons. The Morgan fingerprint density at radius 2 is 2.00 bits per heavy atom. The minimum Gasteiger partial charge on any atom is -0.365 e. The second kappa shape index (κ2) is 7.81. The van der Waals surface area contributed by atoms with Crippen LogP contribution in [0.4, 0.5) is 5.82 Å². The monoisotopic (exact) mass is 410 g/mol. The van der Waals surface area contributed by atoms with Crippen LogP contribution in [0.25, 0.3) is 5.82 Å². The van der Waals surface area contributed by atoms with Gasteiger partial charge in [0.15, 0.2) is 23.1 Å². The maximum absolute atomic E-state index is 12.8. The molecule has 3 N–H and O–H groups in total. The molecule has 30 heavy (non-hydrogen) atoms. The summed E-state index contributed by atoms with van der Waals surface area (Å²) < 4.78 is 1.73. The van der Waals surface area contributed by atoms with Gasteiger partial charge in [-0.25, -0.2) is 14.6 Å². The summed E-state index contributed by atoms with van der Waals surface area (Å²) in [7, 11) is 0. The minimum absolute atomic E-state index is 0.131. The highest BCUT2D eigenvalue weighted by molar-refractivity contribution is 6.00.